The Balaban J connectivity index is 2.17. The van der Waals surface area contributed by atoms with Gasteiger partial charge in [0.1, 0.15) is 0 Å². The predicted octanol–water partition coefficient (Wildman–Crippen LogP) is 2.92. The van der Waals surface area contributed by atoms with Crippen LogP contribution in [0.3, 0.4) is 0 Å². The third-order valence-electron chi connectivity index (χ3n) is 4.48. The summed E-state index contributed by atoms with van der Waals surface area (Å²) in [7, 11) is 3.10. The van der Waals surface area contributed by atoms with Crippen LogP contribution in [0, 0.1) is 0 Å². The van der Waals surface area contributed by atoms with Crippen molar-refractivity contribution in [3.05, 3.63) is 35.0 Å². The minimum Gasteiger partial charge on any atom is -0.493 e. The zero-order valence-corrected chi connectivity index (χ0v) is 16.8. The van der Waals surface area contributed by atoms with Gasteiger partial charge in [-0.25, -0.2) is 9.79 Å². The van der Waals surface area contributed by atoms with E-state index in [1.165, 1.54) is 11.8 Å². The van der Waals surface area contributed by atoms with Crippen LogP contribution in [0.5, 0.6) is 11.5 Å². The fraction of sp³-hybridized carbons (Fsp3) is 0.421. The number of hydrogen-bond donors (Lipinski definition) is 0. The summed E-state index contributed by atoms with van der Waals surface area (Å²) in [5, 5.41) is 0.332. The fourth-order valence-electron chi connectivity index (χ4n) is 3.21. The van der Waals surface area contributed by atoms with Crippen LogP contribution in [0.25, 0.3) is 0 Å². The molecule has 27 heavy (non-hydrogen) atoms. The number of carbonyl (C=O) groups is 2. The number of hydrogen-bond acceptors (Lipinski definition) is 7. The van der Waals surface area contributed by atoms with Crippen LogP contribution in [0.2, 0.25) is 0 Å². The number of carbonyl (C=O) groups excluding carboxylic acids is 2. The largest absolute Gasteiger partial charge is 0.493 e. The second-order valence-electron chi connectivity index (χ2n) is 6.10. The van der Waals surface area contributed by atoms with Gasteiger partial charge in [0.05, 0.1) is 43.4 Å². The first-order valence-corrected chi connectivity index (χ1v) is 9.49. The van der Waals surface area contributed by atoms with Gasteiger partial charge in [0.15, 0.2) is 16.7 Å². The third-order valence-corrected chi connectivity index (χ3v) is 5.53. The van der Waals surface area contributed by atoms with E-state index >= 15 is 0 Å². The molecular formula is C19H22N2O5S. The first-order chi connectivity index (χ1) is 12.9. The Hall–Kier alpha value is -2.48. The van der Waals surface area contributed by atoms with E-state index in [4.69, 9.17) is 14.2 Å². The Labute approximate surface area is 162 Å². The van der Waals surface area contributed by atoms with E-state index in [-0.39, 0.29) is 17.8 Å². The van der Waals surface area contributed by atoms with Crippen molar-refractivity contribution >= 4 is 28.8 Å². The summed E-state index contributed by atoms with van der Waals surface area (Å²) >= 11 is 1.39. The van der Waals surface area contributed by atoms with Crippen LogP contribution in [-0.4, -0.2) is 48.0 Å². The highest BCUT2D eigenvalue weighted by Gasteiger charge is 2.46. The lowest BCUT2D eigenvalue weighted by atomic mass is 9.94. The summed E-state index contributed by atoms with van der Waals surface area (Å²) < 4.78 is 16.0. The van der Waals surface area contributed by atoms with Gasteiger partial charge in [-0.2, -0.15) is 0 Å². The maximum atomic E-state index is 12.8. The summed E-state index contributed by atoms with van der Waals surface area (Å²) in [5.74, 6) is 0.523. The molecule has 7 nitrogen and oxygen atoms in total. The molecule has 0 bridgehead atoms. The van der Waals surface area contributed by atoms with Gasteiger partial charge in [0, 0.05) is 0 Å². The molecule has 8 heteroatoms. The summed E-state index contributed by atoms with van der Waals surface area (Å²) in [6, 6.07) is 4.73. The monoisotopic (exact) mass is 390 g/mol. The van der Waals surface area contributed by atoms with Crippen LogP contribution < -0.4 is 9.47 Å². The molecule has 0 N–H and O–H groups in total. The first kappa shape index (κ1) is 19.3. The highest BCUT2D eigenvalue weighted by molar-refractivity contribution is 8.15. The minimum atomic E-state index is -0.624. The Morgan fingerprint density at radius 3 is 2.59 bits per heavy atom. The van der Waals surface area contributed by atoms with E-state index in [2.05, 4.69) is 4.99 Å². The van der Waals surface area contributed by atoms with E-state index in [1.807, 2.05) is 13.0 Å². The number of allylic oxidation sites excluding steroid dienone is 1. The lowest BCUT2D eigenvalue weighted by molar-refractivity contribution is -0.139. The highest BCUT2D eigenvalue weighted by Crippen LogP contribution is 2.44. The van der Waals surface area contributed by atoms with Crippen LogP contribution in [-0.2, 0) is 14.3 Å². The van der Waals surface area contributed by atoms with Crippen molar-refractivity contribution in [2.24, 2.45) is 4.99 Å². The molecule has 0 aromatic heterocycles. The van der Waals surface area contributed by atoms with Crippen molar-refractivity contribution < 1.29 is 23.8 Å². The number of thioether (sulfide) groups is 1. The Kier molecular flexibility index (Phi) is 5.46. The van der Waals surface area contributed by atoms with Crippen molar-refractivity contribution in [1.29, 1.82) is 0 Å². The summed E-state index contributed by atoms with van der Waals surface area (Å²) in [6.07, 6.45) is 0. The van der Waals surface area contributed by atoms with Crippen LogP contribution >= 0.6 is 11.8 Å². The third kappa shape index (κ3) is 3.29. The molecule has 1 aromatic carbocycles. The number of aliphatic imine (C=N–C) groups is 1. The summed E-state index contributed by atoms with van der Waals surface area (Å²) in [4.78, 5) is 31.6. The normalized spacial score (nSPS) is 21.7. The second kappa shape index (κ2) is 7.64. The van der Waals surface area contributed by atoms with Crippen LogP contribution in [0.4, 0.5) is 0 Å². The van der Waals surface area contributed by atoms with Crippen molar-refractivity contribution in [2.75, 3.05) is 20.8 Å². The second-order valence-corrected chi connectivity index (χ2v) is 7.41. The molecule has 3 rings (SSSR count). The fourth-order valence-corrected chi connectivity index (χ4v) is 4.24. The predicted molar refractivity (Wildman–Crippen MR) is 103 cm³/mol. The zero-order chi connectivity index (χ0) is 19.7. The average Bonchev–Trinajstić information content (AvgIpc) is 2.93. The van der Waals surface area contributed by atoms with Gasteiger partial charge in [-0.05, 0) is 38.5 Å². The van der Waals surface area contributed by atoms with Crippen molar-refractivity contribution in [1.82, 2.24) is 4.90 Å². The van der Waals surface area contributed by atoms with E-state index in [0.29, 0.717) is 27.9 Å². The van der Waals surface area contributed by atoms with Gasteiger partial charge in [0.25, 0.3) is 0 Å². The average molecular weight is 390 g/mol. The lowest BCUT2D eigenvalue weighted by Gasteiger charge is -2.33. The standard InChI is InChI=1S/C19H22N2O5S/c1-6-26-18(23)15-10(2)20-19-21(17(22)11(3)27-19)16(15)12-7-8-13(24-4)14(9-12)25-5/h7-9,11,16H,6H2,1-5H3/t11-,16-/m1/s1. The molecule has 0 spiro atoms. The smallest absolute Gasteiger partial charge is 0.338 e. The van der Waals surface area contributed by atoms with Crippen LogP contribution in [0.1, 0.15) is 32.4 Å². The molecule has 0 radical (unpaired) electrons. The molecule has 0 aliphatic carbocycles. The van der Waals surface area contributed by atoms with Gasteiger partial charge < -0.3 is 14.2 Å². The zero-order valence-electron chi connectivity index (χ0n) is 15.9. The minimum absolute atomic E-state index is 0.0900. The van der Waals surface area contributed by atoms with Gasteiger partial charge in [-0.15, -0.1) is 0 Å². The molecule has 2 atom stereocenters. The lowest BCUT2D eigenvalue weighted by Crippen LogP contribution is -2.40. The Bertz CT molecular complexity index is 849. The molecule has 2 aliphatic heterocycles. The first-order valence-electron chi connectivity index (χ1n) is 8.61. The number of amidine groups is 1. The molecule has 1 saturated heterocycles. The number of ether oxygens (including phenoxy) is 3. The quantitative estimate of drug-likeness (QED) is 0.720. The maximum absolute atomic E-state index is 12.8. The summed E-state index contributed by atoms with van der Waals surface area (Å²) in [6.45, 7) is 5.58. The molecule has 0 saturated carbocycles. The molecular weight excluding hydrogens is 368 g/mol. The maximum Gasteiger partial charge on any atom is 0.338 e. The van der Waals surface area contributed by atoms with E-state index in [0.717, 1.165) is 5.56 Å². The number of rotatable bonds is 5. The van der Waals surface area contributed by atoms with Crippen molar-refractivity contribution in [3.8, 4) is 11.5 Å². The number of benzene rings is 1. The van der Waals surface area contributed by atoms with Gasteiger partial charge in [-0.3, -0.25) is 9.69 Å². The van der Waals surface area contributed by atoms with E-state index < -0.39 is 12.0 Å². The van der Waals surface area contributed by atoms with E-state index in [1.54, 1.807) is 45.1 Å². The highest BCUT2D eigenvalue weighted by atomic mass is 32.2. The molecule has 2 heterocycles. The van der Waals surface area contributed by atoms with Gasteiger partial charge >= 0.3 is 5.97 Å². The van der Waals surface area contributed by atoms with Crippen molar-refractivity contribution in [3.63, 3.8) is 0 Å². The number of esters is 1. The van der Waals surface area contributed by atoms with Crippen LogP contribution in [0.15, 0.2) is 34.5 Å². The Morgan fingerprint density at radius 1 is 1.26 bits per heavy atom. The summed E-state index contributed by atoms with van der Waals surface area (Å²) in [5.41, 5.74) is 1.63. The SMILES string of the molecule is CCOC(=O)C1=C(C)N=C2S[C@H](C)C(=O)N2[C@@H]1c1ccc(OC)c(OC)c1. The molecule has 2 aliphatic rings. The molecule has 1 amide bonds. The number of fused-ring (bicyclic) bond motifs is 1. The van der Waals surface area contributed by atoms with Gasteiger partial charge in [-0.1, -0.05) is 17.8 Å². The molecule has 0 unspecified atom stereocenters. The molecule has 144 valence electrons. The number of nitrogens with zero attached hydrogens (tertiary/aromatic N) is 2. The molecule has 1 aromatic rings. The number of amides is 1. The Morgan fingerprint density at radius 2 is 1.96 bits per heavy atom. The topological polar surface area (TPSA) is 77.4 Å². The molecule has 1 fully saturated rings. The number of methoxy groups -OCH3 is 2. The van der Waals surface area contributed by atoms with Gasteiger partial charge in [0.2, 0.25) is 5.91 Å². The van der Waals surface area contributed by atoms with Crippen molar-refractivity contribution in [2.45, 2.75) is 32.1 Å². The van der Waals surface area contributed by atoms with E-state index in [9.17, 15) is 9.59 Å².